The number of carbonyl (C=O) groups excluding carboxylic acids is 2. The maximum Gasteiger partial charge on any atom is 0.316 e. The number of esters is 1. The molecule has 1 amide bonds. The molecule has 24 heavy (non-hydrogen) atoms. The van der Waals surface area contributed by atoms with E-state index in [-0.39, 0.29) is 12.4 Å². The molecule has 0 aliphatic carbocycles. The lowest BCUT2D eigenvalue weighted by Crippen LogP contribution is -2.28. The van der Waals surface area contributed by atoms with Gasteiger partial charge in [-0.1, -0.05) is 35.9 Å². The van der Waals surface area contributed by atoms with Crippen molar-refractivity contribution in [3.05, 3.63) is 64.9 Å². The van der Waals surface area contributed by atoms with E-state index < -0.39 is 17.7 Å². The van der Waals surface area contributed by atoms with Gasteiger partial charge in [0, 0.05) is 16.5 Å². The van der Waals surface area contributed by atoms with Crippen molar-refractivity contribution in [3.63, 3.8) is 0 Å². The molecule has 0 fully saturated rings. The minimum Gasteiger partial charge on any atom is -0.455 e. The fourth-order valence-electron chi connectivity index (χ4n) is 1.74. The Bertz CT molecular complexity index is 709. The average molecular weight is 368 g/mol. The smallest absolute Gasteiger partial charge is 0.316 e. The lowest BCUT2D eigenvalue weighted by atomic mass is 10.2. The zero-order valence-corrected chi connectivity index (χ0v) is 14.2. The highest BCUT2D eigenvalue weighted by Gasteiger charge is 2.10. The highest BCUT2D eigenvalue weighted by molar-refractivity contribution is 8.00. The lowest BCUT2D eigenvalue weighted by Gasteiger charge is -2.07. The van der Waals surface area contributed by atoms with Gasteiger partial charge in [-0.15, -0.1) is 11.8 Å². The van der Waals surface area contributed by atoms with Gasteiger partial charge in [0.15, 0.2) is 6.61 Å². The molecule has 0 atom stereocenters. The zero-order valence-electron chi connectivity index (χ0n) is 12.6. The summed E-state index contributed by atoms with van der Waals surface area (Å²) in [4.78, 5) is 23.6. The Hall–Kier alpha value is -2.05. The third kappa shape index (κ3) is 6.22. The molecule has 1 N–H and O–H groups in total. The molecule has 126 valence electrons. The van der Waals surface area contributed by atoms with E-state index >= 15 is 0 Å². The molecule has 0 aromatic heterocycles. The highest BCUT2D eigenvalue weighted by atomic mass is 35.5. The molecule has 0 aliphatic rings. The Balaban J connectivity index is 1.66. The van der Waals surface area contributed by atoms with E-state index in [1.807, 2.05) is 0 Å². The van der Waals surface area contributed by atoms with E-state index in [0.29, 0.717) is 16.5 Å². The summed E-state index contributed by atoms with van der Waals surface area (Å²) in [5, 5.41) is 3.25. The predicted octanol–water partition coefficient (Wildman–Crippen LogP) is 3.43. The number of rotatable bonds is 7. The van der Waals surface area contributed by atoms with Crippen molar-refractivity contribution >= 4 is 35.2 Å². The Labute approximate surface area is 148 Å². The normalized spacial score (nSPS) is 10.2. The number of benzene rings is 2. The van der Waals surface area contributed by atoms with Crippen LogP contribution in [0.4, 0.5) is 4.39 Å². The number of thioether (sulfide) groups is 1. The summed E-state index contributed by atoms with van der Waals surface area (Å²) in [7, 11) is 0. The largest absolute Gasteiger partial charge is 0.455 e. The SMILES string of the molecule is O=C(COC(=O)CSc1ccccc1F)NCc1ccc(Cl)cc1. The van der Waals surface area contributed by atoms with E-state index in [1.165, 1.54) is 6.07 Å². The summed E-state index contributed by atoms with van der Waals surface area (Å²) in [6.45, 7) is -0.0538. The van der Waals surface area contributed by atoms with Crippen molar-refractivity contribution in [1.82, 2.24) is 5.32 Å². The first-order valence-corrected chi connectivity index (χ1v) is 8.45. The minimum atomic E-state index is -0.579. The Kier molecular flexibility index (Phi) is 7.08. The molecule has 0 saturated heterocycles. The summed E-state index contributed by atoms with van der Waals surface area (Å²) < 4.78 is 18.3. The van der Waals surface area contributed by atoms with Gasteiger partial charge in [-0.3, -0.25) is 9.59 Å². The van der Waals surface area contributed by atoms with Crippen LogP contribution in [0.2, 0.25) is 5.02 Å². The molecule has 0 heterocycles. The zero-order chi connectivity index (χ0) is 17.4. The molecule has 2 aromatic carbocycles. The second-order valence-corrected chi connectivity index (χ2v) is 6.24. The predicted molar refractivity (Wildman–Crippen MR) is 91.4 cm³/mol. The van der Waals surface area contributed by atoms with Crippen LogP contribution in [0, 0.1) is 5.82 Å². The quantitative estimate of drug-likeness (QED) is 0.601. The Morgan fingerprint density at radius 3 is 2.54 bits per heavy atom. The number of amides is 1. The van der Waals surface area contributed by atoms with Gasteiger partial charge >= 0.3 is 5.97 Å². The first kappa shape index (κ1) is 18.3. The van der Waals surface area contributed by atoms with Crippen LogP contribution >= 0.6 is 23.4 Å². The van der Waals surface area contributed by atoms with Crippen LogP contribution in [0.3, 0.4) is 0 Å². The van der Waals surface area contributed by atoms with Crippen molar-refractivity contribution in [3.8, 4) is 0 Å². The van der Waals surface area contributed by atoms with Gasteiger partial charge in [0.05, 0.1) is 5.75 Å². The molecule has 2 aromatic rings. The van der Waals surface area contributed by atoms with Gasteiger partial charge in [0.25, 0.3) is 5.91 Å². The standard InChI is InChI=1S/C17H15ClFNO3S/c18-13-7-5-12(6-8-13)9-20-16(21)10-23-17(22)11-24-15-4-2-1-3-14(15)19/h1-8H,9-11H2,(H,20,21). The van der Waals surface area contributed by atoms with Gasteiger partial charge in [0.1, 0.15) is 5.82 Å². The van der Waals surface area contributed by atoms with Crippen molar-refractivity contribution in [2.75, 3.05) is 12.4 Å². The van der Waals surface area contributed by atoms with E-state index in [9.17, 15) is 14.0 Å². The second-order valence-electron chi connectivity index (χ2n) is 4.78. The summed E-state index contributed by atoms with van der Waals surface area (Å²) in [6, 6.07) is 13.2. The van der Waals surface area contributed by atoms with Crippen molar-refractivity contribution in [2.24, 2.45) is 0 Å². The second kappa shape index (κ2) is 9.30. The molecule has 0 aliphatic heterocycles. The van der Waals surface area contributed by atoms with Crippen molar-refractivity contribution in [1.29, 1.82) is 0 Å². The molecule has 0 saturated carbocycles. The van der Waals surface area contributed by atoms with E-state index in [2.05, 4.69) is 5.32 Å². The first-order valence-electron chi connectivity index (χ1n) is 7.08. The van der Waals surface area contributed by atoms with Crippen LogP contribution in [0.5, 0.6) is 0 Å². The first-order chi connectivity index (χ1) is 11.5. The molecule has 0 spiro atoms. The van der Waals surface area contributed by atoms with Gasteiger partial charge in [-0.2, -0.15) is 0 Å². The highest BCUT2D eigenvalue weighted by Crippen LogP contribution is 2.20. The van der Waals surface area contributed by atoms with Gasteiger partial charge in [-0.25, -0.2) is 4.39 Å². The van der Waals surface area contributed by atoms with Crippen LogP contribution in [0.25, 0.3) is 0 Å². The lowest BCUT2D eigenvalue weighted by molar-refractivity contribution is -0.145. The third-order valence-corrected chi connectivity index (χ3v) is 4.22. The van der Waals surface area contributed by atoms with Gasteiger partial charge < -0.3 is 10.1 Å². The molecule has 0 unspecified atom stereocenters. The summed E-state index contributed by atoms with van der Waals surface area (Å²) in [5.41, 5.74) is 0.884. The number of carbonyl (C=O) groups is 2. The summed E-state index contributed by atoms with van der Waals surface area (Å²) in [6.07, 6.45) is 0. The topological polar surface area (TPSA) is 55.4 Å². The molecular weight excluding hydrogens is 353 g/mol. The number of ether oxygens (including phenoxy) is 1. The number of hydrogen-bond donors (Lipinski definition) is 1. The van der Waals surface area contributed by atoms with E-state index in [4.69, 9.17) is 16.3 Å². The van der Waals surface area contributed by atoms with Crippen LogP contribution in [0.15, 0.2) is 53.4 Å². The average Bonchev–Trinajstić information content (AvgIpc) is 2.58. The van der Waals surface area contributed by atoms with Crippen molar-refractivity contribution < 1.29 is 18.7 Å². The van der Waals surface area contributed by atoms with Gasteiger partial charge in [0.2, 0.25) is 0 Å². The third-order valence-electron chi connectivity index (χ3n) is 2.95. The van der Waals surface area contributed by atoms with Crippen LogP contribution in [-0.4, -0.2) is 24.2 Å². The maximum atomic E-state index is 13.4. The fraction of sp³-hybridized carbons (Fsp3) is 0.176. The Morgan fingerprint density at radius 2 is 1.83 bits per heavy atom. The van der Waals surface area contributed by atoms with Crippen molar-refractivity contribution in [2.45, 2.75) is 11.4 Å². The minimum absolute atomic E-state index is 0.0641. The van der Waals surface area contributed by atoms with Crippen LogP contribution in [-0.2, 0) is 20.9 Å². The summed E-state index contributed by atoms with van der Waals surface area (Å²) >= 11 is 6.80. The van der Waals surface area contributed by atoms with Crippen LogP contribution in [0.1, 0.15) is 5.56 Å². The fourth-order valence-corrected chi connectivity index (χ4v) is 2.60. The molecule has 7 heteroatoms. The maximum absolute atomic E-state index is 13.4. The van der Waals surface area contributed by atoms with Crippen LogP contribution < -0.4 is 5.32 Å². The summed E-state index contributed by atoms with van der Waals surface area (Å²) in [5.74, 6) is -1.44. The Morgan fingerprint density at radius 1 is 1.12 bits per heavy atom. The van der Waals surface area contributed by atoms with Gasteiger partial charge in [-0.05, 0) is 29.8 Å². The molecule has 4 nitrogen and oxygen atoms in total. The molecule has 0 bridgehead atoms. The van der Waals surface area contributed by atoms with E-state index in [1.54, 1.807) is 42.5 Å². The molecular formula is C17H15ClFNO3S. The molecule has 0 radical (unpaired) electrons. The van der Waals surface area contributed by atoms with E-state index in [0.717, 1.165) is 17.3 Å². The monoisotopic (exact) mass is 367 g/mol. The number of halogens is 2. The number of hydrogen-bond acceptors (Lipinski definition) is 4. The molecule has 2 rings (SSSR count). The number of nitrogens with one attached hydrogen (secondary N) is 1.